The number of nitrogens with one attached hydrogen (secondary N) is 1. The highest BCUT2D eigenvalue weighted by Crippen LogP contribution is 2.39. The van der Waals surface area contributed by atoms with Gasteiger partial charge < -0.3 is 19.9 Å². The number of non-ortho nitro benzene ring substituents is 1. The van der Waals surface area contributed by atoms with E-state index in [4.69, 9.17) is 4.74 Å². The van der Waals surface area contributed by atoms with Crippen molar-refractivity contribution in [3.8, 4) is 5.75 Å². The predicted octanol–water partition coefficient (Wildman–Crippen LogP) is 3.92. The molecule has 0 aromatic heterocycles. The summed E-state index contributed by atoms with van der Waals surface area (Å²) in [5.41, 5.74) is 3.11. The summed E-state index contributed by atoms with van der Waals surface area (Å²) in [7, 11) is 1.66. The van der Waals surface area contributed by atoms with Crippen molar-refractivity contribution < 1.29 is 14.5 Å². The van der Waals surface area contributed by atoms with Gasteiger partial charge in [0.15, 0.2) is 0 Å². The SMILES string of the molecule is COc1ccc(N2CCN3c4ccc([N+](=O)[O-])cc4CC(C(=O)NC4CCCCC4)C3C2)cc1. The zero-order valence-corrected chi connectivity index (χ0v) is 19.6. The van der Waals surface area contributed by atoms with Crippen molar-refractivity contribution in [1.82, 2.24) is 5.32 Å². The van der Waals surface area contributed by atoms with Crippen LogP contribution in [0.5, 0.6) is 5.75 Å². The summed E-state index contributed by atoms with van der Waals surface area (Å²) in [6.07, 6.45) is 6.14. The van der Waals surface area contributed by atoms with Crippen LogP contribution in [0.15, 0.2) is 42.5 Å². The van der Waals surface area contributed by atoms with Crippen LogP contribution in [-0.4, -0.2) is 49.7 Å². The number of nitro benzene ring substituents is 1. The Balaban J connectivity index is 1.43. The Labute approximate surface area is 200 Å². The van der Waals surface area contributed by atoms with Crippen molar-refractivity contribution in [2.24, 2.45) is 5.92 Å². The molecule has 0 radical (unpaired) electrons. The molecule has 3 aliphatic rings. The average molecular weight is 465 g/mol. The third kappa shape index (κ3) is 4.41. The van der Waals surface area contributed by atoms with Crippen molar-refractivity contribution in [1.29, 1.82) is 0 Å². The lowest BCUT2D eigenvalue weighted by Crippen LogP contribution is -2.61. The van der Waals surface area contributed by atoms with E-state index in [-0.39, 0.29) is 34.5 Å². The second kappa shape index (κ2) is 9.52. The van der Waals surface area contributed by atoms with E-state index >= 15 is 0 Å². The van der Waals surface area contributed by atoms with Gasteiger partial charge in [-0.1, -0.05) is 19.3 Å². The molecule has 1 amide bonds. The number of rotatable bonds is 5. The fraction of sp³-hybridized carbons (Fsp3) is 0.500. The van der Waals surface area contributed by atoms with E-state index in [9.17, 15) is 14.9 Å². The maximum atomic E-state index is 13.6. The first-order chi connectivity index (χ1) is 16.5. The molecule has 2 fully saturated rings. The van der Waals surface area contributed by atoms with Gasteiger partial charge in [0, 0.05) is 49.2 Å². The maximum absolute atomic E-state index is 13.6. The third-order valence-electron chi connectivity index (χ3n) is 7.63. The molecule has 0 spiro atoms. The molecule has 5 rings (SSSR count). The summed E-state index contributed by atoms with van der Waals surface area (Å²) in [5, 5.41) is 14.7. The van der Waals surface area contributed by atoms with E-state index in [0.29, 0.717) is 6.42 Å². The van der Waals surface area contributed by atoms with Crippen LogP contribution in [-0.2, 0) is 11.2 Å². The molecule has 2 atom stereocenters. The van der Waals surface area contributed by atoms with E-state index in [2.05, 4.69) is 27.2 Å². The first kappa shape index (κ1) is 22.5. The number of methoxy groups -OCH3 is 1. The Hall–Kier alpha value is -3.29. The minimum Gasteiger partial charge on any atom is -0.497 e. The fourth-order valence-electron chi connectivity index (χ4n) is 5.81. The molecule has 2 heterocycles. The Morgan fingerprint density at radius 3 is 2.56 bits per heavy atom. The average Bonchev–Trinajstić information content (AvgIpc) is 2.88. The van der Waals surface area contributed by atoms with Gasteiger partial charge in [0.2, 0.25) is 5.91 Å². The number of amides is 1. The number of hydrogen-bond acceptors (Lipinski definition) is 6. The lowest BCUT2D eigenvalue weighted by molar-refractivity contribution is -0.384. The van der Waals surface area contributed by atoms with Gasteiger partial charge >= 0.3 is 0 Å². The van der Waals surface area contributed by atoms with Crippen molar-refractivity contribution in [2.45, 2.75) is 50.6 Å². The van der Waals surface area contributed by atoms with Crippen LogP contribution >= 0.6 is 0 Å². The normalized spacial score (nSPS) is 22.5. The molecule has 2 aromatic carbocycles. The van der Waals surface area contributed by atoms with Crippen LogP contribution in [0.1, 0.15) is 37.7 Å². The third-order valence-corrected chi connectivity index (χ3v) is 7.63. The summed E-state index contributed by atoms with van der Waals surface area (Å²) in [4.78, 5) is 29.2. The monoisotopic (exact) mass is 464 g/mol. The van der Waals surface area contributed by atoms with Crippen molar-refractivity contribution >= 4 is 23.0 Å². The van der Waals surface area contributed by atoms with Crippen LogP contribution in [0.2, 0.25) is 0 Å². The van der Waals surface area contributed by atoms with Gasteiger partial charge in [0.25, 0.3) is 5.69 Å². The second-order valence-electron chi connectivity index (χ2n) is 9.63. The fourth-order valence-corrected chi connectivity index (χ4v) is 5.81. The highest BCUT2D eigenvalue weighted by Gasteiger charge is 2.42. The molecule has 2 aliphatic heterocycles. The zero-order chi connectivity index (χ0) is 23.7. The molecule has 0 bridgehead atoms. The standard InChI is InChI=1S/C26H32N4O4/c1-34-22-10-7-20(8-11-22)28-13-14-29-24-12-9-21(30(32)33)15-18(24)16-23(25(29)17-28)26(31)27-19-5-3-2-4-6-19/h7-12,15,19,23,25H,2-6,13-14,16-17H2,1H3,(H,27,31). The van der Waals surface area contributed by atoms with Gasteiger partial charge in [0.05, 0.1) is 24.0 Å². The number of benzene rings is 2. The topological polar surface area (TPSA) is 87.9 Å². The number of ether oxygens (including phenoxy) is 1. The Morgan fingerprint density at radius 2 is 1.85 bits per heavy atom. The zero-order valence-electron chi connectivity index (χ0n) is 19.6. The highest BCUT2D eigenvalue weighted by molar-refractivity contribution is 5.83. The van der Waals surface area contributed by atoms with Gasteiger partial charge in [-0.3, -0.25) is 14.9 Å². The quantitative estimate of drug-likeness (QED) is 0.533. The smallest absolute Gasteiger partial charge is 0.269 e. The van der Waals surface area contributed by atoms with Crippen molar-refractivity contribution in [3.05, 3.63) is 58.1 Å². The molecule has 180 valence electrons. The van der Waals surface area contributed by atoms with Gasteiger partial charge in [-0.05, 0) is 55.2 Å². The number of hydrogen-bond donors (Lipinski definition) is 1. The molecule has 2 aromatic rings. The minimum atomic E-state index is -0.356. The molecule has 34 heavy (non-hydrogen) atoms. The summed E-state index contributed by atoms with van der Waals surface area (Å²) in [6.45, 7) is 2.30. The van der Waals surface area contributed by atoms with Crippen LogP contribution in [0, 0.1) is 16.0 Å². The van der Waals surface area contributed by atoms with Gasteiger partial charge in [0.1, 0.15) is 5.75 Å². The Morgan fingerprint density at radius 1 is 1.09 bits per heavy atom. The Kier molecular flexibility index (Phi) is 6.30. The Bertz CT molecular complexity index is 1050. The van der Waals surface area contributed by atoms with Crippen LogP contribution < -0.4 is 19.9 Å². The summed E-state index contributed by atoms with van der Waals surface area (Å²) in [5.74, 6) is 0.647. The first-order valence-corrected chi connectivity index (χ1v) is 12.3. The number of carbonyl (C=O) groups is 1. The summed E-state index contributed by atoms with van der Waals surface area (Å²) in [6, 6.07) is 13.4. The molecule has 8 heteroatoms. The molecule has 1 N–H and O–H groups in total. The lowest BCUT2D eigenvalue weighted by Gasteiger charge is -2.49. The number of nitro groups is 1. The van der Waals surface area contributed by atoms with Crippen LogP contribution in [0.25, 0.3) is 0 Å². The van der Waals surface area contributed by atoms with E-state index in [0.717, 1.165) is 68.0 Å². The van der Waals surface area contributed by atoms with E-state index < -0.39 is 0 Å². The highest BCUT2D eigenvalue weighted by atomic mass is 16.6. The first-order valence-electron chi connectivity index (χ1n) is 12.3. The predicted molar refractivity (Wildman–Crippen MR) is 132 cm³/mol. The number of piperazine rings is 1. The van der Waals surface area contributed by atoms with Crippen molar-refractivity contribution in [3.63, 3.8) is 0 Å². The van der Waals surface area contributed by atoms with Gasteiger partial charge in [-0.25, -0.2) is 0 Å². The number of nitrogens with zero attached hydrogens (tertiary/aromatic N) is 3. The van der Waals surface area contributed by atoms with E-state index in [1.807, 2.05) is 18.2 Å². The number of fused-ring (bicyclic) bond motifs is 3. The lowest BCUT2D eigenvalue weighted by atomic mass is 9.82. The summed E-state index contributed by atoms with van der Waals surface area (Å²) >= 11 is 0. The molecular formula is C26H32N4O4. The van der Waals surface area contributed by atoms with E-state index in [1.54, 1.807) is 19.2 Å². The van der Waals surface area contributed by atoms with Crippen LogP contribution in [0.3, 0.4) is 0 Å². The van der Waals surface area contributed by atoms with E-state index in [1.165, 1.54) is 6.42 Å². The molecular weight excluding hydrogens is 432 g/mol. The molecule has 8 nitrogen and oxygen atoms in total. The van der Waals surface area contributed by atoms with Gasteiger partial charge in [-0.2, -0.15) is 0 Å². The summed E-state index contributed by atoms with van der Waals surface area (Å²) < 4.78 is 5.30. The largest absolute Gasteiger partial charge is 0.497 e. The minimum absolute atomic E-state index is 0.00778. The van der Waals surface area contributed by atoms with Gasteiger partial charge in [-0.15, -0.1) is 0 Å². The molecule has 2 unspecified atom stereocenters. The molecule has 1 aliphatic carbocycles. The second-order valence-corrected chi connectivity index (χ2v) is 9.63. The molecule has 1 saturated carbocycles. The molecule has 1 saturated heterocycles. The van der Waals surface area contributed by atoms with Crippen LogP contribution in [0.4, 0.5) is 17.1 Å². The maximum Gasteiger partial charge on any atom is 0.269 e. The number of anilines is 2. The number of carbonyl (C=O) groups excluding carboxylic acids is 1. The van der Waals surface area contributed by atoms with Crippen molar-refractivity contribution in [2.75, 3.05) is 36.5 Å².